The lowest BCUT2D eigenvalue weighted by Crippen LogP contribution is -2.31. The molecule has 0 saturated carbocycles. The van der Waals surface area contributed by atoms with Crippen molar-refractivity contribution in [3.05, 3.63) is 82.8 Å². The molecule has 3 heterocycles. The second kappa shape index (κ2) is 11.2. The zero-order valence-corrected chi connectivity index (χ0v) is 20.4. The van der Waals surface area contributed by atoms with Gasteiger partial charge in [0.2, 0.25) is 5.88 Å². The van der Waals surface area contributed by atoms with Gasteiger partial charge in [0.25, 0.3) is 11.8 Å². The lowest BCUT2D eigenvalue weighted by Gasteiger charge is -2.22. The molecule has 3 aromatic rings. The normalized spacial score (nSPS) is 14.5. The number of nitrogens with one attached hydrogen (secondary N) is 2. The summed E-state index contributed by atoms with van der Waals surface area (Å²) in [6, 6.07) is 14.9. The summed E-state index contributed by atoms with van der Waals surface area (Å²) in [5.41, 5.74) is 3.59. The van der Waals surface area contributed by atoms with Gasteiger partial charge in [0.05, 0.1) is 43.7 Å². The van der Waals surface area contributed by atoms with Gasteiger partial charge in [-0.05, 0) is 30.0 Å². The number of pyridine rings is 1. The van der Waals surface area contributed by atoms with E-state index in [1.807, 2.05) is 54.8 Å². The molecule has 1 aliphatic heterocycles. The van der Waals surface area contributed by atoms with Gasteiger partial charge in [0.1, 0.15) is 5.69 Å². The molecule has 8 nitrogen and oxygen atoms in total. The Bertz CT molecular complexity index is 1160. The largest absolute Gasteiger partial charge is 0.481 e. The number of ether oxygens (including phenoxy) is 2. The number of fused-ring (bicyclic) bond motifs is 1. The molecule has 35 heavy (non-hydrogen) atoms. The molecule has 0 fully saturated rings. The van der Waals surface area contributed by atoms with Crippen LogP contribution in [0.15, 0.2) is 54.7 Å². The topological polar surface area (TPSA) is 94.5 Å². The molecule has 4 rings (SSSR count). The zero-order chi connectivity index (χ0) is 24.8. The lowest BCUT2D eigenvalue weighted by atomic mass is 10.0. The molecule has 184 valence electrons. The van der Waals surface area contributed by atoms with Crippen LogP contribution in [-0.2, 0) is 17.9 Å². The van der Waals surface area contributed by atoms with Crippen LogP contribution in [-0.4, -0.2) is 35.1 Å². The summed E-state index contributed by atoms with van der Waals surface area (Å²) in [6.45, 7) is 5.34. The Hall–Kier alpha value is -3.65. The highest BCUT2D eigenvalue weighted by Gasteiger charge is 2.28. The molecule has 2 unspecified atom stereocenters. The molecular weight excluding hydrogens is 444 g/mol. The average molecular weight is 477 g/mol. The molecule has 1 aromatic carbocycles. The van der Waals surface area contributed by atoms with E-state index in [1.165, 1.54) is 0 Å². The van der Waals surface area contributed by atoms with Crippen LogP contribution < -0.4 is 15.4 Å². The Labute approximate surface area is 205 Å². The van der Waals surface area contributed by atoms with Crippen molar-refractivity contribution in [3.8, 4) is 5.88 Å². The first-order valence-corrected chi connectivity index (χ1v) is 12.0. The Kier molecular flexibility index (Phi) is 7.82. The first-order chi connectivity index (χ1) is 17.0. The number of hydrogen-bond donors (Lipinski definition) is 2. The highest BCUT2D eigenvalue weighted by Crippen LogP contribution is 2.25. The number of aromatic nitrogens is 2. The fraction of sp³-hybridized carbons (Fsp3) is 0.370. The van der Waals surface area contributed by atoms with Crippen LogP contribution >= 0.6 is 0 Å². The summed E-state index contributed by atoms with van der Waals surface area (Å²) in [4.78, 5) is 30.9. The highest BCUT2D eigenvalue weighted by molar-refractivity contribution is 6.01. The third-order valence-corrected chi connectivity index (χ3v) is 6.38. The minimum absolute atomic E-state index is 0.112. The first kappa shape index (κ1) is 24.5. The van der Waals surface area contributed by atoms with Gasteiger partial charge in [-0.3, -0.25) is 9.59 Å². The van der Waals surface area contributed by atoms with Gasteiger partial charge in [-0.15, -0.1) is 0 Å². The number of benzene rings is 1. The second-order valence-corrected chi connectivity index (χ2v) is 8.51. The number of amides is 2. The number of nitrogens with zero attached hydrogens (tertiary/aromatic N) is 2. The predicted molar refractivity (Wildman–Crippen MR) is 132 cm³/mol. The van der Waals surface area contributed by atoms with Crippen LogP contribution in [0.5, 0.6) is 5.88 Å². The third-order valence-electron chi connectivity index (χ3n) is 6.38. The van der Waals surface area contributed by atoms with Crippen LogP contribution in [0, 0.1) is 0 Å². The molecule has 0 bridgehead atoms. The van der Waals surface area contributed by atoms with Crippen molar-refractivity contribution in [2.24, 2.45) is 0 Å². The van der Waals surface area contributed by atoms with Gasteiger partial charge in [-0.1, -0.05) is 50.2 Å². The first-order valence-electron chi connectivity index (χ1n) is 12.0. The van der Waals surface area contributed by atoms with E-state index in [9.17, 15) is 9.59 Å². The van der Waals surface area contributed by atoms with E-state index in [4.69, 9.17) is 9.47 Å². The van der Waals surface area contributed by atoms with Gasteiger partial charge in [-0.25, -0.2) is 4.98 Å². The Morgan fingerprint density at radius 3 is 2.40 bits per heavy atom. The quantitative estimate of drug-likeness (QED) is 0.483. The molecule has 1 aliphatic rings. The van der Waals surface area contributed by atoms with E-state index in [0.29, 0.717) is 36.7 Å². The van der Waals surface area contributed by atoms with E-state index in [2.05, 4.69) is 15.6 Å². The smallest absolute Gasteiger partial charge is 0.268 e. The summed E-state index contributed by atoms with van der Waals surface area (Å²) < 4.78 is 12.7. The van der Waals surface area contributed by atoms with Crippen molar-refractivity contribution in [3.63, 3.8) is 0 Å². The van der Waals surface area contributed by atoms with Crippen LogP contribution in [0.3, 0.4) is 0 Å². The number of hydrogen-bond acceptors (Lipinski definition) is 5. The van der Waals surface area contributed by atoms with Crippen molar-refractivity contribution in [1.82, 2.24) is 20.2 Å². The van der Waals surface area contributed by atoms with Crippen LogP contribution in [0.1, 0.15) is 76.4 Å². The number of carbonyl (C=O) groups is 2. The average Bonchev–Trinajstić information content (AvgIpc) is 3.31. The number of methoxy groups -OCH3 is 1. The maximum absolute atomic E-state index is 13.4. The fourth-order valence-electron chi connectivity index (χ4n) is 4.42. The van der Waals surface area contributed by atoms with Crippen LogP contribution in [0.4, 0.5) is 0 Å². The third kappa shape index (κ3) is 5.38. The molecule has 2 N–H and O–H groups in total. The van der Waals surface area contributed by atoms with Crippen LogP contribution in [0.2, 0.25) is 0 Å². The van der Waals surface area contributed by atoms with Crippen LogP contribution in [0.25, 0.3) is 0 Å². The Balaban J connectivity index is 1.57. The lowest BCUT2D eigenvalue weighted by molar-refractivity contribution is 0.0773. The molecule has 2 amide bonds. The molecule has 0 saturated heterocycles. The predicted octanol–water partition coefficient (Wildman–Crippen LogP) is 4.18. The monoisotopic (exact) mass is 476 g/mol. The van der Waals surface area contributed by atoms with Crippen molar-refractivity contribution in [1.29, 1.82) is 0 Å². The molecule has 0 spiro atoms. The maximum atomic E-state index is 13.4. The summed E-state index contributed by atoms with van der Waals surface area (Å²) in [6.07, 6.45) is 3.15. The second-order valence-electron chi connectivity index (χ2n) is 8.51. The van der Waals surface area contributed by atoms with Crippen molar-refractivity contribution >= 4 is 11.8 Å². The molecule has 0 aliphatic carbocycles. The van der Waals surface area contributed by atoms with Gasteiger partial charge in [0.15, 0.2) is 0 Å². The van der Waals surface area contributed by atoms with E-state index >= 15 is 0 Å². The molecular formula is C27H32N4O4. The number of carbonyl (C=O) groups excluding carboxylic acids is 2. The van der Waals surface area contributed by atoms with Gasteiger partial charge in [0, 0.05) is 18.8 Å². The summed E-state index contributed by atoms with van der Waals surface area (Å²) >= 11 is 0. The van der Waals surface area contributed by atoms with E-state index in [-0.39, 0.29) is 30.5 Å². The van der Waals surface area contributed by atoms with Crippen molar-refractivity contribution < 1.29 is 19.1 Å². The molecule has 8 heteroatoms. The summed E-state index contributed by atoms with van der Waals surface area (Å²) in [5.74, 6) is 0.0792. The molecule has 0 radical (unpaired) electrons. The SMILES string of the molecule is CCC(NC(=O)c1cc(C(=O)NC(CC)c2ccccc2)n2c1COCC2)c1ccc(OC)nc1. The van der Waals surface area contributed by atoms with Gasteiger partial charge in [-0.2, -0.15) is 0 Å². The minimum Gasteiger partial charge on any atom is -0.481 e. The highest BCUT2D eigenvalue weighted by atomic mass is 16.5. The van der Waals surface area contributed by atoms with E-state index < -0.39 is 0 Å². The van der Waals surface area contributed by atoms with Crippen molar-refractivity contribution in [2.45, 2.75) is 51.9 Å². The van der Waals surface area contributed by atoms with Gasteiger partial charge < -0.3 is 24.7 Å². The molecule has 2 aromatic heterocycles. The van der Waals surface area contributed by atoms with E-state index in [0.717, 1.165) is 23.2 Å². The van der Waals surface area contributed by atoms with Gasteiger partial charge >= 0.3 is 0 Å². The summed E-state index contributed by atoms with van der Waals surface area (Å²) in [7, 11) is 1.57. The maximum Gasteiger partial charge on any atom is 0.268 e. The fourth-order valence-corrected chi connectivity index (χ4v) is 4.42. The Morgan fingerprint density at radius 2 is 1.74 bits per heavy atom. The van der Waals surface area contributed by atoms with E-state index in [1.54, 1.807) is 25.4 Å². The summed E-state index contributed by atoms with van der Waals surface area (Å²) in [5, 5.41) is 6.23. The van der Waals surface area contributed by atoms with Crippen molar-refractivity contribution in [2.75, 3.05) is 13.7 Å². The number of rotatable bonds is 9. The Morgan fingerprint density at radius 1 is 1.03 bits per heavy atom. The zero-order valence-electron chi connectivity index (χ0n) is 20.4. The standard InChI is InChI=1S/C27H32N4O4/c1-4-21(18-9-7-6-8-10-18)30-27(33)23-15-20(24-17-35-14-13-31(23)24)26(32)29-22(5-2)19-11-12-25(34-3)28-16-19/h6-12,15-16,21-22H,4-5,13-14,17H2,1-3H3,(H,29,32)(H,30,33). The minimum atomic E-state index is -0.240. The molecule has 2 atom stereocenters.